The van der Waals surface area contributed by atoms with E-state index in [2.05, 4.69) is 15.9 Å². The van der Waals surface area contributed by atoms with Gasteiger partial charge < -0.3 is 5.11 Å². The van der Waals surface area contributed by atoms with Crippen LogP contribution < -0.4 is 0 Å². The van der Waals surface area contributed by atoms with Crippen LogP contribution in [0.3, 0.4) is 0 Å². The Morgan fingerprint density at radius 2 is 2.12 bits per heavy atom. The number of carboxylic acid groups (broad SMARTS) is 1. The average molecular weight is 317 g/mol. The summed E-state index contributed by atoms with van der Waals surface area (Å²) in [5, 5.41) is 9.41. The predicted octanol–water partition coefficient (Wildman–Crippen LogP) is 3.59. The number of halogens is 1. The Morgan fingerprint density at radius 3 is 2.76 bits per heavy atom. The summed E-state index contributed by atoms with van der Waals surface area (Å²) in [4.78, 5) is 23.6. The van der Waals surface area contributed by atoms with Crippen molar-refractivity contribution in [3.63, 3.8) is 0 Å². The Kier molecular flexibility index (Phi) is 6.15. The zero-order valence-corrected chi connectivity index (χ0v) is 11.6. The van der Waals surface area contributed by atoms with Gasteiger partial charge in [0.25, 0.3) is 0 Å². The van der Waals surface area contributed by atoms with Crippen LogP contribution in [0.5, 0.6) is 0 Å². The Labute approximate surface area is 112 Å². The van der Waals surface area contributed by atoms with E-state index in [1.807, 2.05) is 18.2 Å². The second-order valence-corrected chi connectivity index (χ2v) is 5.31. The SMILES string of the molecule is O=C(O)CCC(=O)c1ccc(C=CCCBr)s1. The number of carboxylic acids is 1. The topological polar surface area (TPSA) is 54.4 Å². The lowest BCUT2D eigenvalue weighted by Crippen LogP contribution is -2.01. The Hall–Kier alpha value is -0.940. The molecule has 0 aromatic carbocycles. The molecule has 0 aliphatic carbocycles. The highest BCUT2D eigenvalue weighted by molar-refractivity contribution is 9.09. The molecule has 0 radical (unpaired) electrons. The number of Topliss-reactive ketones (excluding diaryl/α,β-unsaturated/α-hetero) is 1. The van der Waals surface area contributed by atoms with Crippen LogP contribution in [-0.2, 0) is 4.79 Å². The number of thiophene rings is 1. The summed E-state index contributed by atoms with van der Waals surface area (Å²) < 4.78 is 0. The quantitative estimate of drug-likeness (QED) is 0.617. The maximum absolute atomic E-state index is 11.6. The number of alkyl halides is 1. The molecule has 3 nitrogen and oxygen atoms in total. The maximum atomic E-state index is 11.6. The fraction of sp³-hybridized carbons (Fsp3) is 0.333. The molecule has 0 fully saturated rings. The Balaban J connectivity index is 2.55. The van der Waals surface area contributed by atoms with Crippen molar-refractivity contribution in [1.29, 1.82) is 0 Å². The van der Waals surface area contributed by atoms with Crippen LogP contribution in [0.15, 0.2) is 18.2 Å². The molecule has 17 heavy (non-hydrogen) atoms. The highest BCUT2D eigenvalue weighted by Crippen LogP contribution is 2.20. The molecule has 92 valence electrons. The first-order valence-corrected chi connectivity index (χ1v) is 7.14. The zero-order valence-electron chi connectivity index (χ0n) is 9.19. The summed E-state index contributed by atoms with van der Waals surface area (Å²) in [6, 6.07) is 3.63. The van der Waals surface area contributed by atoms with Gasteiger partial charge in [-0.25, -0.2) is 0 Å². The van der Waals surface area contributed by atoms with Crippen LogP contribution >= 0.6 is 27.3 Å². The highest BCUT2D eigenvalue weighted by Gasteiger charge is 2.10. The fourth-order valence-electron chi connectivity index (χ4n) is 1.20. The van der Waals surface area contributed by atoms with Crippen LogP contribution in [-0.4, -0.2) is 22.2 Å². The van der Waals surface area contributed by atoms with Gasteiger partial charge in [-0.05, 0) is 24.6 Å². The summed E-state index contributed by atoms with van der Waals surface area (Å²) in [6.45, 7) is 0. The lowest BCUT2D eigenvalue weighted by molar-refractivity contribution is -0.136. The molecule has 0 unspecified atom stereocenters. The minimum atomic E-state index is -0.938. The number of hydrogen-bond acceptors (Lipinski definition) is 3. The van der Waals surface area contributed by atoms with E-state index in [0.29, 0.717) is 4.88 Å². The van der Waals surface area contributed by atoms with E-state index in [1.54, 1.807) is 6.07 Å². The molecule has 0 saturated carbocycles. The lowest BCUT2D eigenvalue weighted by Gasteiger charge is -1.93. The van der Waals surface area contributed by atoms with E-state index >= 15 is 0 Å². The van der Waals surface area contributed by atoms with Gasteiger partial charge in [-0.1, -0.05) is 22.0 Å². The van der Waals surface area contributed by atoms with Crippen LogP contribution in [0, 0.1) is 0 Å². The van der Waals surface area contributed by atoms with Crippen LogP contribution in [0.1, 0.15) is 33.8 Å². The molecule has 1 rings (SSSR count). The van der Waals surface area contributed by atoms with Crippen LogP contribution in [0.4, 0.5) is 0 Å². The smallest absolute Gasteiger partial charge is 0.303 e. The lowest BCUT2D eigenvalue weighted by atomic mass is 10.2. The van der Waals surface area contributed by atoms with Crippen molar-refractivity contribution in [2.75, 3.05) is 5.33 Å². The van der Waals surface area contributed by atoms with Gasteiger partial charge >= 0.3 is 5.97 Å². The van der Waals surface area contributed by atoms with Gasteiger partial charge in [0, 0.05) is 16.6 Å². The second kappa shape index (κ2) is 7.40. The minimum absolute atomic E-state index is 0.0698. The van der Waals surface area contributed by atoms with E-state index in [0.717, 1.165) is 16.6 Å². The first-order chi connectivity index (χ1) is 8.13. The minimum Gasteiger partial charge on any atom is -0.481 e. The number of aliphatic carboxylic acids is 1. The molecule has 1 aromatic heterocycles. The molecule has 0 saturated heterocycles. The summed E-state index contributed by atoms with van der Waals surface area (Å²) >= 11 is 4.73. The van der Waals surface area contributed by atoms with Crippen molar-refractivity contribution in [3.8, 4) is 0 Å². The summed E-state index contributed by atoms with van der Waals surface area (Å²) in [5.41, 5.74) is 0. The first-order valence-electron chi connectivity index (χ1n) is 5.21. The predicted molar refractivity (Wildman–Crippen MR) is 73.0 cm³/mol. The fourth-order valence-corrected chi connectivity index (χ4v) is 2.37. The molecule has 1 N–H and O–H groups in total. The van der Waals surface area contributed by atoms with Crippen molar-refractivity contribution in [3.05, 3.63) is 28.0 Å². The number of allylic oxidation sites excluding steroid dienone is 1. The molecule has 0 aliphatic rings. The van der Waals surface area contributed by atoms with Gasteiger partial charge in [0.15, 0.2) is 5.78 Å². The Morgan fingerprint density at radius 1 is 1.35 bits per heavy atom. The van der Waals surface area contributed by atoms with Crippen molar-refractivity contribution < 1.29 is 14.7 Å². The first kappa shape index (κ1) is 14.1. The third kappa shape index (κ3) is 5.28. The van der Waals surface area contributed by atoms with Gasteiger partial charge in [0.2, 0.25) is 0 Å². The largest absolute Gasteiger partial charge is 0.481 e. The van der Waals surface area contributed by atoms with E-state index in [9.17, 15) is 9.59 Å². The van der Waals surface area contributed by atoms with Gasteiger partial charge in [0.05, 0.1) is 11.3 Å². The molecule has 5 heteroatoms. The monoisotopic (exact) mass is 316 g/mol. The summed E-state index contributed by atoms with van der Waals surface area (Å²) in [6.07, 6.45) is 4.91. The molecule has 0 aliphatic heterocycles. The third-order valence-corrected chi connectivity index (χ3v) is 3.57. The van der Waals surface area contributed by atoms with Crippen molar-refractivity contribution in [2.45, 2.75) is 19.3 Å². The number of carbonyl (C=O) groups is 2. The molecule has 0 spiro atoms. The Bertz CT molecular complexity index is 423. The average Bonchev–Trinajstić information content (AvgIpc) is 2.75. The zero-order chi connectivity index (χ0) is 12.7. The summed E-state index contributed by atoms with van der Waals surface area (Å²) in [5.74, 6) is -1.04. The highest BCUT2D eigenvalue weighted by atomic mass is 79.9. The van der Waals surface area contributed by atoms with Crippen molar-refractivity contribution in [2.24, 2.45) is 0 Å². The molecule has 0 bridgehead atoms. The van der Waals surface area contributed by atoms with Gasteiger partial charge in [-0.3, -0.25) is 9.59 Å². The molecular weight excluding hydrogens is 304 g/mol. The summed E-state index contributed by atoms with van der Waals surface area (Å²) in [7, 11) is 0. The molecule has 1 aromatic rings. The number of ketones is 1. The molecule has 1 heterocycles. The van der Waals surface area contributed by atoms with Crippen LogP contribution in [0.2, 0.25) is 0 Å². The normalized spacial score (nSPS) is 10.9. The molecular formula is C12H13BrO3S. The van der Waals surface area contributed by atoms with Gasteiger partial charge in [-0.15, -0.1) is 11.3 Å². The molecule has 0 amide bonds. The number of carbonyl (C=O) groups excluding carboxylic acids is 1. The van der Waals surface area contributed by atoms with E-state index in [-0.39, 0.29) is 18.6 Å². The van der Waals surface area contributed by atoms with Crippen LogP contribution in [0.25, 0.3) is 6.08 Å². The van der Waals surface area contributed by atoms with E-state index < -0.39 is 5.97 Å². The van der Waals surface area contributed by atoms with Crippen molar-refractivity contribution in [1.82, 2.24) is 0 Å². The number of rotatable bonds is 7. The van der Waals surface area contributed by atoms with E-state index in [4.69, 9.17) is 5.11 Å². The maximum Gasteiger partial charge on any atom is 0.303 e. The standard InChI is InChI=1S/C12H13BrO3S/c13-8-2-1-3-9-4-6-11(17-9)10(14)5-7-12(15)16/h1,3-4,6H,2,5,7-8H2,(H,15,16). The van der Waals surface area contributed by atoms with Gasteiger partial charge in [-0.2, -0.15) is 0 Å². The third-order valence-electron chi connectivity index (χ3n) is 2.03. The molecule has 0 atom stereocenters. The number of hydrogen-bond donors (Lipinski definition) is 1. The van der Waals surface area contributed by atoms with E-state index in [1.165, 1.54) is 11.3 Å². The van der Waals surface area contributed by atoms with Gasteiger partial charge in [0.1, 0.15) is 0 Å². The second-order valence-electron chi connectivity index (χ2n) is 3.40. The van der Waals surface area contributed by atoms with Crippen molar-refractivity contribution >= 4 is 45.1 Å².